The molecule has 0 aromatic heterocycles. The maximum absolute atomic E-state index is 13.3. The molecule has 0 unspecified atom stereocenters. The van der Waals surface area contributed by atoms with Gasteiger partial charge in [-0.25, -0.2) is 4.79 Å². The maximum Gasteiger partial charge on any atom is 0.321 e. The summed E-state index contributed by atoms with van der Waals surface area (Å²) in [5, 5.41) is 12.7. The minimum atomic E-state index is -0.375. The molecule has 36 heavy (non-hydrogen) atoms. The second kappa shape index (κ2) is 12.0. The summed E-state index contributed by atoms with van der Waals surface area (Å²) in [6, 6.07) is 12.3. The highest BCUT2D eigenvalue weighted by Gasteiger charge is 2.32. The molecule has 3 rings (SSSR count). The molecular formula is C27H38N4O5. The predicted molar refractivity (Wildman–Crippen MR) is 141 cm³/mol. The van der Waals surface area contributed by atoms with E-state index in [0.29, 0.717) is 30.3 Å². The van der Waals surface area contributed by atoms with Crippen LogP contribution >= 0.6 is 0 Å². The quantitative estimate of drug-likeness (QED) is 0.609. The lowest BCUT2D eigenvalue weighted by atomic mass is 10.0. The Labute approximate surface area is 213 Å². The van der Waals surface area contributed by atoms with Gasteiger partial charge in [0.1, 0.15) is 17.6 Å². The van der Waals surface area contributed by atoms with Gasteiger partial charge in [0, 0.05) is 50.5 Å². The highest BCUT2D eigenvalue weighted by molar-refractivity contribution is 5.89. The summed E-state index contributed by atoms with van der Waals surface area (Å²) < 4.78 is 11.6. The van der Waals surface area contributed by atoms with Crippen molar-refractivity contribution in [3.8, 4) is 11.5 Å². The van der Waals surface area contributed by atoms with E-state index in [1.54, 1.807) is 48.2 Å². The number of carbonyl (C=O) groups is 2. The number of hydrogen-bond acceptors (Lipinski definition) is 6. The summed E-state index contributed by atoms with van der Waals surface area (Å²) in [6.07, 6.45) is -0.200. The molecule has 0 fully saturated rings. The lowest BCUT2D eigenvalue weighted by Gasteiger charge is -2.34. The van der Waals surface area contributed by atoms with Gasteiger partial charge in [-0.3, -0.25) is 4.79 Å². The van der Waals surface area contributed by atoms with Crippen molar-refractivity contribution in [1.29, 1.82) is 0 Å². The molecule has 2 aromatic carbocycles. The fraction of sp³-hybridized carbons (Fsp3) is 0.481. The van der Waals surface area contributed by atoms with Crippen molar-refractivity contribution in [2.24, 2.45) is 5.92 Å². The van der Waals surface area contributed by atoms with Gasteiger partial charge in [0.2, 0.25) is 5.91 Å². The Morgan fingerprint density at radius 3 is 2.53 bits per heavy atom. The molecule has 1 heterocycles. The molecule has 0 bridgehead atoms. The SMILES string of the molecule is COc1ccc(NC(=O)N(C)C[C@@H]2Oc3ccc(N(C)C)cc3CC(=O)N([C@H](C)CO)C[C@@H]2C)cc1. The molecular weight excluding hydrogens is 460 g/mol. The number of amides is 3. The number of carbonyl (C=O) groups excluding carboxylic acids is 2. The third kappa shape index (κ3) is 6.60. The van der Waals surface area contributed by atoms with E-state index in [0.717, 1.165) is 11.3 Å². The number of aliphatic hydroxyl groups excluding tert-OH is 1. The number of nitrogens with one attached hydrogen (secondary N) is 1. The number of likely N-dealkylation sites (N-methyl/N-ethyl adjacent to an activating group) is 1. The second-order valence-electron chi connectivity index (χ2n) is 9.61. The molecule has 2 aromatic rings. The average molecular weight is 499 g/mol. The Hall–Kier alpha value is -3.46. The molecule has 2 N–H and O–H groups in total. The van der Waals surface area contributed by atoms with Gasteiger partial charge in [-0.15, -0.1) is 0 Å². The first-order valence-corrected chi connectivity index (χ1v) is 12.2. The number of ether oxygens (including phenoxy) is 2. The van der Waals surface area contributed by atoms with Crippen LogP contribution in [0.5, 0.6) is 11.5 Å². The third-order valence-corrected chi connectivity index (χ3v) is 6.56. The number of benzene rings is 2. The zero-order valence-electron chi connectivity index (χ0n) is 22.0. The first kappa shape index (κ1) is 27.1. The van der Waals surface area contributed by atoms with Gasteiger partial charge in [0.05, 0.1) is 32.7 Å². The fourth-order valence-electron chi connectivity index (χ4n) is 4.16. The molecule has 1 aliphatic heterocycles. The normalized spacial score (nSPS) is 18.6. The second-order valence-corrected chi connectivity index (χ2v) is 9.61. The number of anilines is 2. The molecule has 3 amide bonds. The van der Waals surface area contributed by atoms with Crippen molar-refractivity contribution in [3.63, 3.8) is 0 Å². The summed E-state index contributed by atoms with van der Waals surface area (Å²) in [6.45, 7) is 4.44. The highest BCUT2D eigenvalue weighted by Crippen LogP contribution is 2.30. The number of nitrogens with zero attached hydrogens (tertiary/aromatic N) is 3. The van der Waals surface area contributed by atoms with Crippen molar-refractivity contribution in [3.05, 3.63) is 48.0 Å². The van der Waals surface area contributed by atoms with E-state index in [1.165, 1.54) is 0 Å². The third-order valence-electron chi connectivity index (χ3n) is 6.56. The molecule has 0 saturated carbocycles. The minimum Gasteiger partial charge on any atom is -0.497 e. The first-order chi connectivity index (χ1) is 17.1. The summed E-state index contributed by atoms with van der Waals surface area (Å²) in [4.78, 5) is 31.5. The largest absolute Gasteiger partial charge is 0.497 e. The number of urea groups is 1. The predicted octanol–water partition coefficient (Wildman–Crippen LogP) is 3.07. The summed E-state index contributed by atoms with van der Waals surface area (Å²) in [5.41, 5.74) is 2.41. The molecule has 196 valence electrons. The van der Waals surface area contributed by atoms with Crippen molar-refractivity contribution in [1.82, 2.24) is 9.80 Å². The topological polar surface area (TPSA) is 94.6 Å². The van der Waals surface area contributed by atoms with Crippen LogP contribution in [0.1, 0.15) is 19.4 Å². The van der Waals surface area contributed by atoms with Crippen LogP contribution in [-0.4, -0.2) is 86.9 Å². The van der Waals surface area contributed by atoms with Crippen LogP contribution in [0.3, 0.4) is 0 Å². The Bertz CT molecular complexity index is 1040. The van der Waals surface area contributed by atoms with Crippen LogP contribution in [0, 0.1) is 5.92 Å². The molecule has 0 aliphatic carbocycles. The van der Waals surface area contributed by atoms with Crippen molar-refractivity contribution in [2.75, 3.05) is 58.2 Å². The Morgan fingerprint density at radius 2 is 1.92 bits per heavy atom. The number of methoxy groups -OCH3 is 1. The van der Waals surface area contributed by atoms with Gasteiger partial charge in [-0.1, -0.05) is 6.92 Å². The van der Waals surface area contributed by atoms with E-state index in [1.807, 2.05) is 51.0 Å². The smallest absolute Gasteiger partial charge is 0.321 e. The van der Waals surface area contributed by atoms with E-state index < -0.39 is 0 Å². The standard InChI is InChI=1S/C27H38N4O5/c1-18-15-31(19(2)17-32)26(33)14-20-13-22(29(3)4)9-12-24(20)36-25(18)16-30(5)27(34)28-21-7-10-23(35-6)11-8-21/h7-13,18-19,25,32H,14-17H2,1-6H3,(H,28,34)/t18-,19+,25-/m0/s1. The van der Waals surface area contributed by atoms with Crippen LogP contribution in [-0.2, 0) is 11.2 Å². The Kier molecular flexibility index (Phi) is 9.03. The Balaban J connectivity index is 1.84. The van der Waals surface area contributed by atoms with Crippen LogP contribution in [0.2, 0.25) is 0 Å². The minimum absolute atomic E-state index is 0.0598. The van der Waals surface area contributed by atoms with Crippen LogP contribution in [0.4, 0.5) is 16.2 Å². The number of rotatable bonds is 7. The van der Waals surface area contributed by atoms with Crippen molar-refractivity contribution < 1.29 is 24.2 Å². The van der Waals surface area contributed by atoms with Gasteiger partial charge in [0.25, 0.3) is 0 Å². The summed E-state index contributed by atoms with van der Waals surface area (Å²) in [5.74, 6) is 1.18. The number of aliphatic hydroxyl groups is 1. The van der Waals surface area contributed by atoms with Crippen molar-refractivity contribution >= 4 is 23.3 Å². The lowest BCUT2D eigenvalue weighted by Crippen LogP contribution is -2.48. The van der Waals surface area contributed by atoms with E-state index in [9.17, 15) is 14.7 Å². The molecule has 0 radical (unpaired) electrons. The Morgan fingerprint density at radius 1 is 1.22 bits per heavy atom. The molecule has 9 heteroatoms. The van der Waals surface area contributed by atoms with E-state index in [-0.39, 0.29) is 43.0 Å². The molecule has 0 spiro atoms. The van der Waals surface area contributed by atoms with Crippen molar-refractivity contribution in [2.45, 2.75) is 32.4 Å². The van der Waals surface area contributed by atoms with Gasteiger partial charge in [-0.05, 0) is 49.4 Å². The zero-order valence-corrected chi connectivity index (χ0v) is 22.0. The van der Waals surface area contributed by atoms with Gasteiger partial charge >= 0.3 is 6.03 Å². The lowest BCUT2D eigenvalue weighted by molar-refractivity contribution is -0.134. The number of hydrogen-bond donors (Lipinski definition) is 2. The van der Waals surface area contributed by atoms with Crippen LogP contribution in [0.15, 0.2) is 42.5 Å². The highest BCUT2D eigenvalue weighted by atomic mass is 16.5. The summed E-state index contributed by atoms with van der Waals surface area (Å²) in [7, 11) is 7.20. The first-order valence-electron chi connectivity index (χ1n) is 12.2. The average Bonchev–Trinajstić information content (AvgIpc) is 2.91. The monoisotopic (exact) mass is 498 g/mol. The van der Waals surface area contributed by atoms with Gasteiger partial charge in [-0.2, -0.15) is 0 Å². The van der Waals surface area contributed by atoms with Gasteiger partial charge in [0.15, 0.2) is 0 Å². The molecule has 0 saturated heterocycles. The molecule has 3 atom stereocenters. The zero-order chi connectivity index (χ0) is 26.4. The van der Waals surface area contributed by atoms with Crippen LogP contribution < -0.4 is 19.7 Å². The summed E-state index contributed by atoms with van der Waals surface area (Å²) >= 11 is 0. The fourth-order valence-corrected chi connectivity index (χ4v) is 4.16. The maximum atomic E-state index is 13.3. The van der Waals surface area contributed by atoms with E-state index >= 15 is 0 Å². The number of fused-ring (bicyclic) bond motifs is 1. The molecule has 1 aliphatic rings. The van der Waals surface area contributed by atoms with E-state index in [4.69, 9.17) is 9.47 Å². The molecule has 9 nitrogen and oxygen atoms in total. The van der Waals surface area contributed by atoms with Gasteiger partial charge < -0.3 is 34.6 Å². The van der Waals surface area contributed by atoms with E-state index in [2.05, 4.69) is 5.32 Å². The van der Waals surface area contributed by atoms with Crippen LogP contribution in [0.25, 0.3) is 0 Å².